The van der Waals surface area contributed by atoms with Gasteiger partial charge < -0.3 is 15.2 Å². The molecule has 0 aliphatic carbocycles. The third-order valence-corrected chi connectivity index (χ3v) is 3.81. The number of amides is 1. The van der Waals surface area contributed by atoms with E-state index in [0.717, 1.165) is 25.9 Å². The maximum Gasteiger partial charge on any atom is 0.336 e. The third kappa shape index (κ3) is 4.29. The normalized spacial score (nSPS) is 18.2. The zero-order valence-electron chi connectivity index (χ0n) is 12.2. The molecule has 1 unspecified atom stereocenters. The molecule has 0 spiro atoms. The van der Waals surface area contributed by atoms with Crippen LogP contribution in [0.5, 0.6) is 0 Å². The fourth-order valence-corrected chi connectivity index (χ4v) is 2.54. The van der Waals surface area contributed by atoms with Crippen LogP contribution in [0.4, 0.5) is 5.69 Å². The number of hydrogen-bond donors (Lipinski definition) is 2. The van der Waals surface area contributed by atoms with Crippen LogP contribution in [0.2, 0.25) is 0 Å². The van der Waals surface area contributed by atoms with Crippen LogP contribution in [0.1, 0.15) is 48.0 Å². The molecule has 21 heavy (non-hydrogen) atoms. The minimum absolute atomic E-state index is 0.102. The Balaban J connectivity index is 1.90. The zero-order valence-corrected chi connectivity index (χ0v) is 12.2. The highest BCUT2D eigenvalue weighted by molar-refractivity contribution is 5.96. The highest BCUT2D eigenvalue weighted by atomic mass is 16.5. The highest BCUT2D eigenvalue weighted by Gasteiger charge is 2.16. The van der Waals surface area contributed by atoms with Gasteiger partial charge in [0.15, 0.2) is 0 Å². The molecule has 1 saturated heterocycles. The lowest BCUT2D eigenvalue weighted by Crippen LogP contribution is -2.22. The van der Waals surface area contributed by atoms with Crippen LogP contribution in [-0.2, 0) is 9.53 Å². The molecule has 1 aromatic carbocycles. The van der Waals surface area contributed by atoms with Gasteiger partial charge in [0.05, 0.1) is 11.7 Å². The Morgan fingerprint density at radius 1 is 1.38 bits per heavy atom. The van der Waals surface area contributed by atoms with Crippen molar-refractivity contribution in [3.63, 3.8) is 0 Å². The molecule has 0 saturated carbocycles. The van der Waals surface area contributed by atoms with E-state index in [1.807, 2.05) is 0 Å². The number of hydrogen-bond acceptors (Lipinski definition) is 3. The van der Waals surface area contributed by atoms with Crippen molar-refractivity contribution in [3.8, 4) is 0 Å². The topological polar surface area (TPSA) is 75.6 Å². The van der Waals surface area contributed by atoms with Crippen LogP contribution in [0, 0.1) is 6.92 Å². The first-order valence-corrected chi connectivity index (χ1v) is 7.32. The second kappa shape index (κ2) is 7.22. The Hall–Kier alpha value is -1.88. The maximum atomic E-state index is 12.0. The summed E-state index contributed by atoms with van der Waals surface area (Å²) in [6, 6.07) is 4.89. The largest absolute Gasteiger partial charge is 0.478 e. The predicted molar refractivity (Wildman–Crippen MR) is 79.6 cm³/mol. The molecule has 2 N–H and O–H groups in total. The second-order valence-electron chi connectivity index (χ2n) is 5.36. The van der Waals surface area contributed by atoms with Gasteiger partial charge in [-0.2, -0.15) is 0 Å². The van der Waals surface area contributed by atoms with E-state index < -0.39 is 5.97 Å². The first kappa shape index (κ1) is 15.5. The molecule has 114 valence electrons. The molecular formula is C16H21NO4. The summed E-state index contributed by atoms with van der Waals surface area (Å²) in [5.41, 5.74) is 1.35. The number of ether oxygens (including phenoxy) is 1. The summed E-state index contributed by atoms with van der Waals surface area (Å²) in [6.07, 6.45) is 4.55. The van der Waals surface area contributed by atoms with Gasteiger partial charge in [-0.25, -0.2) is 4.79 Å². The number of carboxylic acid groups (broad SMARTS) is 1. The summed E-state index contributed by atoms with van der Waals surface area (Å²) in [7, 11) is 0. The average Bonchev–Trinajstić information content (AvgIpc) is 2.48. The first-order valence-electron chi connectivity index (χ1n) is 7.32. The number of nitrogens with one attached hydrogen (secondary N) is 1. The van der Waals surface area contributed by atoms with Gasteiger partial charge in [0.25, 0.3) is 0 Å². The van der Waals surface area contributed by atoms with Crippen LogP contribution in [0.25, 0.3) is 0 Å². The lowest BCUT2D eigenvalue weighted by atomic mass is 10.0. The molecular weight excluding hydrogens is 270 g/mol. The number of benzene rings is 1. The van der Waals surface area contributed by atoms with E-state index >= 15 is 0 Å². The van der Waals surface area contributed by atoms with Crippen molar-refractivity contribution >= 4 is 17.6 Å². The van der Waals surface area contributed by atoms with Crippen molar-refractivity contribution in [2.45, 2.75) is 45.1 Å². The first-order chi connectivity index (χ1) is 10.1. The quantitative estimate of drug-likeness (QED) is 0.874. The molecule has 1 heterocycles. The Bertz CT molecular complexity index is 521. The van der Waals surface area contributed by atoms with Gasteiger partial charge in [-0.15, -0.1) is 0 Å². The summed E-state index contributed by atoms with van der Waals surface area (Å²) in [5.74, 6) is -1.09. The lowest BCUT2D eigenvalue weighted by molar-refractivity contribution is -0.117. The Labute approximate surface area is 124 Å². The summed E-state index contributed by atoms with van der Waals surface area (Å²) in [6.45, 7) is 2.48. The smallest absolute Gasteiger partial charge is 0.336 e. The zero-order chi connectivity index (χ0) is 15.2. The Morgan fingerprint density at radius 3 is 2.86 bits per heavy atom. The Morgan fingerprint density at radius 2 is 2.19 bits per heavy atom. The van der Waals surface area contributed by atoms with E-state index in [2.05, 4.69) is 5.32 Å². The minimum Gasteiger partial charge on any atom is -0.478 e. The number of carbonyl (C=O) groups is 2. The van der Waals surface area contributed by atoms with Crippen molar-refractivity contribution in [1.82, 2.24) is 0 Å². The fraction of sp³-hybridized carbons (Fsp3) is 0.500. The van der Waals surface area contributed by atoms with Crippen LogP contribution < -0.4 is 5.32 Å². The van der Waals surface area contributed by atoms with E-state index in [4.69, 9.17) is 9.84 Å². The molecule has 5 heteroatoms. The van der Waals surface area contributed by atoms with Crippen LogP contribution in [0.3, 0.4) is 0 Å². The van der Waals surface area contributed by atoms with Crippen molar-refractivity contribution in [2.24, 2.45) is 0 Å². The van der Waals surface area contributed by atoms with Crippen LogP contribution in [-0.4, -0.2) is 29.7 Å². The van der Waals surface area contributed by atoms with E-state index in [-0.39, 0.29) is 17.6 Å². The van der Waals surface area contributed by atoms with Gasteiger partial charge in [-0.1, -0.05) is 6.07 Å². The van der Waals surface area contributed by atoms with Gasteiger partial charge in [-0.3, -0.25) is 4.79 Å². The molecule has 1 amide bonds. The molecule has 0 bridgehead atoms. The van der Waals surface area contributed by atoms with Crippen LogP contribution in [0.15, 0.2) is 18.2 Å². The number of anilines is 1. The van der Waals surface area contributed by atoms with Gasteiger partial charge in [-0.05, 0) is 50.3 Å². The molecule has 1 atom stereocenters. The summed E-state index contributed by atoms with van der Waals surface area (Å²) >= 11 is 0. The number of aromatic carboxylic acids is 1. The maximum absolute atomic E-state index is 12.0. The molecule has 2 rings (SSSR count). The molecule has 5 nitrogen and oxygen atoms in total. The standard InChI is InChI=1S/C16H21NO4/c1-11-13(16(19)20)6-4-7-14(11)17-15(18)9-8-12-5-2-3-10-21-12/h4,6-7,12H,2-3,5,8-10H2,1H3,(H,17,18)(H,19,20). The number of rotatable bonds is 5. The van der Waals surface area contributed by atoms with Crippen molar-refractivity contribution in [3.05, 3.63) is 29.3 Å². The van der Waals surface area contributed by atoms with Gasteiger partial charge >= 0.3 is 5.97 Å². The summed E-state index contributed by atoms with van der Waals surface area (Å²) in [4.78, 5) is 23.0. The fourth-order valence-electron chi connectivity index (χ4n) is 2.54. The van der Waals surface area contributed by atoms with Crippen molar-refractivity contribution in [1.29, 1.82) is 0 Å². The summed E-state index contributed by atoms with van der Waals surface area (Å²) in [5, 5.41) is 11.9. The third-order valence-electron chi connectivity index (χ3n) is 3.81. The Kier molecular flexibility index (Phi) is 5.33. The minimum atomic E-state index is -0.987. The van der Waals surface area contributed by atoms with E-state index in [9.17, 15) is 9.59 Å². The SMILES string of the molecule is Cc1c(NC(=O)CCC2CCCCO2)cccc1C(=O)O. The molecule has 1 fully saturated rings. The van der Waals surface area contributed by atoms with E-state index in [1.54, 1.807) is 19.1 Å². The van der Waals surface area contributed by atoms with Crippen molar-refractivity contribution < 1.29 is 19.4 Å². The second-order valence-corrected chi connectivity index (χ2v) is 5.36. The van der Waals surface area contributed by atoms with Gasteiger partial charge in [0.1, 0.15) is 0 Å². The summed E-state index contributed by atoms with van der Waals surface area (Å²) < 4.78 is 5.60. The van der Waals surface area contributed by atoms with Crippen LogP contribution >= 0.6 is 0 Å². The monoisotopic (exact) mass is 291 g/mol. The molecule has 0 aromatic heterocycles. The predicted octanol–water partition coefficient (Wildman–Crippen LogP) is 2.98. The molecule has 1 aliphatic rings. The van der Waals surface area contributed by atoms with Crippen molar-refractivity contribution in [2.75, 3.05) is 11.9 Å². The lowest BCUT2D eigenvalue weighted by Gasteiger charge is -2.22. The molecule has 1 aromatic rings. The van der Waals surface area contributed by atoms with E-state index in [1.165, 1.54) is 6.07 Å². The molecule has 1 aliphatic heterocycles. The van der Waals surface area contributed by atoms with E-state index in [0.29, 0.717) is 24.1 Å². The highest BCUT2D eigenvalue weighted by Crippen LogP contribution is 2.20. The average molecular weight is 291 g/mol. The number of carbonyl (C=O) groups excluding carboxylic acids is 1. The molecule has 0 radical (unpaired) electrons. The van der Waals surface area contributed by atoms with Gasteiger partial charge in [0, 0.05) is 18.7 Å². The van der Waals surface area contributed by atoms with Gasteiger partial charge in [0.2, 0.25) is 5.91 Å². The number of carboxylic acids is 1.